The number of hydrogen-bond acceptors (Lipinski definition) is 3. The molecule has 0 bridgehead atoms. The molecular formula is C16H33N3O. The zero-order valence-corrected chi connectivity index (χ0v) is 13.3. The Balaban J connectivity index is 1.84. The van der Waals surface area contributed by atoms with Gasteiger partial charge in [0.2, 0.25) is 5.91 Å². The van der Waals surface area contributed by atoms with Crippen LogP contribution in [0.25, 0.3) is 0 Å². The van der Waals surface area contributed by atoms with Crippen LogP contribution in [0.3, 0.4) is 0 Å². The van der Waals surface area contributed by atoms with Gasteiger partial charge in [-0.15, -0.1) is 0 Å². The van der Waals surface area contributed by atoms with Crippen LogP contribution in [0.15, 0.2) is 0 Å². The molecule has 118 valence electrons. The Morgan fingerprint density at radius 3 is 2.50 bits per heavy atom. The van der Waals surface area contributed by atoms with E-state index < -0.39 is 0 Å². The molecule has 0 saturated carbocycles. The number of rotatable bonds is 11. The zero-order chi connectivity index (χ0) is 14.5. The lowest BCUT2D eigenvalue weighted by Gasteiger charge is -2.27. The average molecular weight is 283 g/mol. The van der Waals surface area contributed by atoms with Crippen LogP contribution in [-0.4, -0.2) is 50.1 Å². The predicted octanol–water partition coefficient (Wildman–Crippen LogP) is 2.15. The molecule has 0 aromatic rings. The van der Waals surface area contributed by atoms with Crippen LogP contribution >= 0.6 is 0 Å². The fraction of sp³-hybridized carbons (Fsp3) is 0.938. The number of carbonyl (C=O) groups excluding carboxylic acids is 1. The smallest absolute Gasteiger partial charge is 0.219 e. The van der Waals surface area contributed by atoms with E-state index in [2.05, 4.69) is 22.5 Å². The predicted molar refractivity (Wildman–Crippen MR) is 84.9 cm³/mol. The highest BCUT2D eigenvalue weighted by molar-refractivity contribution is 5.75. The molecule has 1 amide bonds. The van der Waals surface area contributed by atoms with Crippen molar-refractivity contribution >= 4 is 5.91 Å². The number of amides is 1. The zero-order valence-electron chi connectivity index (χ0n) is 13.3. The van der Waals surface area contributed by atoms with E-state index >= 15 is 0 Å². The second kappa shape index (κ2) is 12.2. The number of nitrogens with one attached hydrogen (secondary N) is 2. The first-order valence-electron chi connectivity index (χ1n) is 8.52. The number of nitrogens with zero attached hydrogens (tertiary/aromatic N) is 1. The topological polar surface area (TPSA) is 44.4 Å². The maximum Gasteiger partial charge on any atom is 0.219 e. The third-order valence-electron chi connectivity index (χ3n) is 3.94. The Bertz CT molecular complexity index is 240. The molecule has 4 nitrogen and oxygen atoms in total. The van der Waals surface area contributed by atoms with E-state index in [1.165, 1.54) is 32.1 Å². The summed E-state index contributed by atoms with van der Waals surface area (Å²) in [7, 11) is 0. The molecule has 0 radical (unpaired) electrons. The van der Waals surface area contributed by atoms with Gasteiger partial charge in [-0.2, -0.15) is 0 Å². The van der Waals surface area contributed by atoms with Crippen molar-refractivity contribution < 1.29 is 4.79 Å². The summed E-state index contributed by atoms with van der Waals surface area (Å²) in [6.07, 6.45) is 9.25. The third kappa shape index (κ3) is 9.32. The molecule has 2 N–H and O–H groups in total. The maximum absolute atomic E-state index is 11.6. The molecule has 4 heteroatoms. The van der Waals surface area contributed by atoms with Gasteiger partial charge in [0.15, 0.2) is 0 Å². The van der Waals surface area contributed by atoms with Crippen LogP contribution in [0.5, 0.6) is 0 Å². The fourth-order valence-corrected chi connectivity index (χ4v) is 2.62. The highest BCUT2D eigenvalue weighted by atomic mass is 16.1. The van der Waals surface area contributed by atoms with Gasteiger partial charge in [0.1, 0.15) is 0 Å². The van der Waals surface area contributed by atoms with Gasteiger partial charge in [-0.3, -0.25) is 4.79 Å². The van der Waals surface area contributed by atoms with Crippen molar-refractivity contribution in [2.24, 2.45) is 0 Å². The molecule has 1 aliphatic rings. The van der Waals surface area contributed by atoms with E-state index in [1.54, 1.807) is 0 Å². The standard InChI is InChI=1S/C16H33N3O/c1-2-3-4-5-6-7-9-16(20)18-10-8-13-19-14-11-17-12-15-19/h17H,2-15H2,1H3,(H,18,20). The fourth-order valence-electron chi connectivity index (χ4n) is 2.62. The van der Waals surface area contributed by atoms with Crippen LogP contribution in [0.2, 0.25) is 0 Å². The molecular weight excluding hydrogens is 250 g/mol. The van der Waals surface area contributed by atoms with Gasteiger partial charge in [-0.1, -0.05) is 39.0 Å². The van der Waals surface area contributed by atoms with Crippen molar-refractivity contribution in [2.45, 2.75) is 58.3 Å². The summed E-state index contributed by atoms with van der Waals surface area (Å²) in [5, 5.41) is 6.40. The Kier molecular flexibility index (Phi) is 10.6. The SMILES string of the molecule is CCCCCCCCC(=O)NCCCN1CCNCC1. The van der Waals surface area contributed by atoms with Crippen molar-refractivity contribution in [3.63, 3.8) is 0 Å². The Morgan fingerprint density at radius 2 is 1.75 bits per heavy atom. The van der Waals surface area contributed by atoms with Gasteiger partial charge in [0.05, 0.1) is 0 Å². The average Bonchev–Trinajstić information content (AvgIpc) is 2.48. The monoisotopic (exact) mass is 283 g/mol. The summed E-state index contributed by atoms with van der Waals surface area (Å²) < 4.78 is 0. The van der Waals surface area contributed by atoms with Crippen molar-refractivity contribution in [3.05, 3.63) is 0 Å². The molecule has 0 unspecified atom stereocenters. The van der Waals surface area contributed by atoms with Gasteiger partial charge in [0, 0.05) is 39.1 Å². The second-order valence-electron chi connectivity index (χ2n) is 5.81. The van der Waals surface area contributed by atoms with Crippen LogP contribution in [-0.2, 0) is 4.79 Å². The molecule has 1 heterocycles. The second-order valence-corrected chi connectivity index (χ2v) is 5.81. The van der Waals surface area contributed by atoms with Crippen LogP contribution < -0.4 is 10.6 Å². The maximum atomic E-state index is 11.6. The molecule has 0 aromatic carbocycles. The van der Waals surface area contributed by atoms with Crippen LogP contribution in [0.1, 0.15) is 58.3 Å². The van der Waals surface area contributed by atoms with E-state index in [0.29, 0.717) is 6.42 Å². The summed E-state index contributed by atoms with van der Waals surface area (Å²) in [4.78, 5) is 14.1. The first-order chi connectivity index (χ1) is 9.83. The van der Waals surface area contributed by atoms with Gasteiger partial charge in [0.25, 0.3) is 0 Å². The Hall–Kier alpha value is -0.610. The minimum absolute atomic E-state index is 0.237. The van der Waals surface area contributed by atoms with Crippen LogP contribution in [0.4, 0.5) is 0 Å². The summed E-state index contributed by atoms with van der Waals surface area (Å²) in [5.74, 6) is 0.237. The first kappa shape index (κ1) is 17.4. The lowest BCUT2D eigenvalue weighted by atomic mass is 10.1. The molecule has 0 spiro atoms. The Labute approximate surface area is 124 Å². The Morgan fingerprint density at radius 1 is 1.05 bits per heavy atom. The number of hydrogen-bond donors (Lipinski definition) is 2. The van der Waals surface area contributed by atoms with Crippen molar-refractivity contribution in [2.75, 3.05) is 39.3 Å². The molecule has 0 aliphatic carbocycles. The number of carbonyl (C=O) groups is 1. The van der Waals surface area contributed by atoms with E-state index in [1.807, 2.05) is 0 Å². The number of unbranched alkanes of at least 4 members (excludes halogenated alkanes) is 5. The van der Waals surface area contributed by atoms with Gasteiger partial charge >= 0.3 is 0 Å². The molecule has 1 saturated heterocycles. The lowest BCUT2D eigenvalue weighted by molar-refractivity contribution is -0.121. The third-order valence-corrected chi connectivity index (χ3v) is 3.94. The molecule has 20 heavy (non-hydrogen) atoms. The first-order valence-corrected chi connectivity index (χ1v) is 8.52. The molecule has 1 aliphatic heterocycles. The largest absolute Gasteiger partial charge is 0.356 e. The molecule has 1 rings (SSSR count). The minimum atomic E-state index is 0.237. The minimum Gasteiger partial charge on any atom is -0.356 e. The highest BCUT2D eigenvalue weighted by Gasteiger charge is 2.08. The summed E-state index contributed by atoms with van der Waals surface area (Å²) in [6, 6.07) is 0. The van der Waals surface area contributed by atoms with Crippen molar-refractivity contribution in [1.29, 1.82) is 0 Å². The van der Waals surface area contributed by atoms with Crippen molar-refractivity contribution in [1.82, 2.24) is 15.5 Å². The lowest BCUT2D eigenvalue weighted by Crippen LogP contribution is -2.44. The van der Waals surface area contributed by atoms with E-state index in [0.717, 1.165) is 52.1 Å². The van der Waals surface area contributed by atoms with E-state index in [9.17, 15) is 4.79 Å². The summed E-state index contributed by atoms with van der Waals surface area (Å²) in [5.41, 5.74) is 0. The van der Waals surface area contributed by atoms with E-state index in [-0.39, 0.29) is 5.91 Å². The van der Waals surface area contributed by atoms with Gasteiger partial charge in [-0.05, 0) is 19.4 Å². The molecule has 0 aromatic heterocycles. The van der Waals surface area contributed by atoms with Crippen LogP contribution in [0, 0.1) is 0 Å². The van der Waals surface area contributed by atoms with E-state index in [4.69, 9.17) is 0 Å². The van der Waals surface area contributed by atoms with Gasteiger partial charge < -0.3 is 15.5 Å². The highest BCUT2D eigenvalue weighted by Crippen LogP contribution is 2.06. The summed E-state index contributed by atoms with van der Waals surface area (Å²) in [6.45, 7) is 8.66. The quantitative estimate of drug-likeness (QED) is 0.571. The van der Waals surface area contributed by atoms with Gasteiger partial charge in [-0.25, -0.2) is 0 Å². The normalized spacial score (nSPS) is 16.2. The molecule has 0 atom stereocenters. The number of piperazine rings is 1. The summed E-state index contributed by atoms with van der Waals surface area (Å²) >= 11 is 0. The van der Waals surface area contributed by atoms with Crippen molar-refractivity contribution in [3.8, 4) is 0 Å². The molecule has 1 fully saturated rings.